The number of carbonyl (C=O) groups excluding carboxylic acids is 1. The normalized spacial score (nSPS) is 32.6. The Bertz CT molecular complexity index is 352. The molecule has 0 radical (unpaired) electrons. The highest BCUT2D eigenvalue weighted by Crippen LogP contribution is 2.41. The summed E-state index contributed by atoms with van der Waals surface area (Å²) in [5.41, 5.74) is 0. The third kappa shape index (κ3) is 2.32. The minimum atomic E-state index is -1.04. The second-order valence-electron chi connectivity index (χ2n) is 4.17. The van der Waals surface area contributed by atoms with Crippen molar-refractivity contribution < 1.29 is 28.9 Å². The lowest BCUT2D eigenvalue weighted by molar-refractivity contribution is -0.213. The molecule has 0 aromatic rings. The Morgan fingerprint density at radius 2 is 2.24 bits per heavy atom. The number of hydrogen-bond donors (Lipinski definition) is 1. The molecule has 0 aromatic heterocycles. The van der Waals surface area contributed by atoms with Gasteiger partial charge in [0.05, 0.1) is 11.8 Å². The third-order valence-corrected chi connectivity index (χ3v) is 2.97. The molecular weight excluding hydrogens is 228 g/mol. The fourth-order valence-electron chi connectivity index (χ4n) is 1.68. The summed E-state index contributed by atoms with van der Waals surface area (Å²) in [6, 6.07) is 0. The minimum absolute atomic E-state index is 0.163. The first-order valence-electron chi connectivity index (χ1n) is 5.39. The van der Waals surface area contributed by atoms with Gasteiger partial charge in [-0.1, -0.05) is 13.0 Å². The van der Waals surface area contributed by atoms with Gasteiger partial charge in [-0.05, 0) is 6.42 Å². The Balaban J connectivity index is 1.91. The van der Waals surface area contributed by atoms with Crippen molar-refractivity contribution in [1.29, 1.82) is 0 Å². The summed E-state index contributed by atoms with van der Waals surface area (Å²) in [5, 5.41) is 8.90. The molecule has 6 heteroatoms. The molecule has 1 N–H and O–H groups in total. The molecule has 2 fully saturated rings. The van der Waals surface area contributed by atoms with E-state index in [4.69, 9.17) is 19.3 Å². The first-order chi connectivity index (χ1) is 8.04. The van der Waals surface area contributed by atoms with E-state index >= 15 is 0 Å². The molecule has 0 spiro atoms. The number of esters is 1. The maximum absolute atomic E-state index is 11.8. The van der Waals surface area contributed by atoms with E-state index in [0.29, 0.717) is 0 Å². The molecule has 6 nitrogen and oxygen atoms in total. The molecule has 2 rings (SSSR count). The van der Waals surface area contributed by atoms with E-state index < -0.39 is 30.1 Å². The molecule has 0 aromatic carbocycles. The average molecular weight is 242 g/mol. The van der Waals surface area contributed by atoms with Crippen molar-refractivity contribution in [2.24, 2.45) is 11.8 Å². The molecule has 0 saturated carbocycles. The summed E-state index contributed by atoms with van der Waals surface area (Å²) in [6.07, 6.45) is 0.684. The van der Waals surface area contributed by atoms with Crippen molar-refractivity contribution in [3.05, 3.63) is 12.7 Å². The lowest BCUT2D eigenvalue weighted by Gasteiger charge is -2.24. The van der Waals surface area contributed by atoms with Crippen LogP contribution in [0.25, 0.3) is 0 Å². The van der Waals surface area contributed by atoms with Crippen molar-refractivity contribution >= 4 is 11.9 Å². The van der Waals surface area contributed by atoms with Crippen molar-refractivity contribution in [3.63, 3.8) is 0 Å². The van der Waals surface area contributed by atoms with Crippen LogP contribution in [0, 0.1) is 11.8 Å². The predicted molar refractivity (Wildman–Crippen MR) is 54.7 cm³/mol. The number of epoxide rings is 1. The van der Waals surface area contributed by atoms with Gasteiger partial charge < -0.3 is 19.3 Å². The summed E-state index contributed by atoms with van der Waals surface area (Å²) < 4.78 is 15.0. The maximum atomic E-state index is 11.8. The van der Waals surface area contributed by atoms with Crippen molar-refractivity contribution in [2.75, 3.05) is 0 Å². The van der Waals surface area contributed by atoms with Crippen molar-refractivity contribution in [2.45, 2.75) is 32.0 Å². The number of allylic oxidation sites excluding steroid dienone is 1. The number of carboxylic acids is 1. The molecule has 17 heavy (non-hydrogen) atoms. The van der Waals surface area contributed by atoms with E-state index in [1.165, 1.54) is 13.0 Å². The van der Waals surface area contributed by atoms with Crippen LogP contribution in [-0.2, 0) is 23.8 Å². The molecule has 2 heterocycles. The molecule has 0 aliphatic carbocycles. The van der Waals surface area contributed by atoms with Gasteiger partial charge in [-0.15, -0.1) is 6.58 Å². The number of carboxylic acid groups (broad SMARTS) is 1. The predicted octanol–water partition coefficient (Wildman–Crippen LogP) is 0.524. The van der Waals surface area contributed by atoms with E-state index in [-0.39, 0.29) is 18.8 Å². The highest BCUT2D eigenvalue weighted by atomic mass is 16.9. The Morgan fingerprint density at radius 1 is 1.53 bits per heavy atom. The Hall–Kier alpha value is -1.40. The van der Waals surface area contributed by atoms with Gasteiger partial charge in [-0.2, -0.15) is 0 Å². The van der Waals surface area contributed by atoms with Gasteiger partial charge in [0.15, 0.2) is 12.4 Å². The number of fused-ring (bicyclic) bond motifs is 1. The van der Waals surface area contributed by atoms with Gasteiger partial charge in [0.25, 0.3) is 0 Å². The van der Waals surface area contributed by atoms with E-state index in [1.54, 1.807) is 0 Å². The second-order valence-corrected chi connectivity index (χ2v) is 4.17. The molecule has 2 aliphatic heterocycles. The summed E-state index contributed by atoms with van der Waals surface area (Å²) in [6.45, 7) is 4.97. The standard InChI is InChI=1S/C11H14O6/c1-3-4-6(5(2)8(12)13)9(14)16-11-7-10(15-7)17-11/h3,5-7,10-11H,1,4H2,2H3,(H,12,13). The Kier molecular flexibility index (Phi) is 3.17. The highest BCUT2D eigenvalue weighted by molar-refractivity contribution is 5.81. The SMILES string of the molecule is C=CCC(C(=O)OC1OC2OC12)C(C)C(=O)O. The molecule has 5 atom stereocenters. The molecular formula is C11H14O6. The van der Waals surface area contributed by atoms with Gasteiger partial charge in [-0.25, -0.2) is 0 Å². The number of ether oxygens (including phenoxy) is 3. The number of rotatable bonds is 6. The van der Waals surface area contributed by atoms with Gasteiger partial charge in [0, 0.05) is 0 Å². The summed E-state index contributed by atoms with van der Waals surface area (Å²) in [4.78, 5) is 22.6. The molecule has 0 bridgehead atoms. The van der Waals surface area contributed by atoms with Crippen LogP contribution in [0.2, 0.25) is 0 Å². The summed E-state index contributed by atoms with van der Waals surface area (Å²) in [5.74, 6) is -3.19. The first kappa shape index (κ1) is 12.1. The van der Waals surface area contributed by atoms with Crippen LogP contribution < -0.4 is 0 Å². The van der Waals surface area contributed by atoms with E-state index in [2.05, 4.69) is 6.58 Å². The topological polar surface area (TPSA) is 85.4 Å². The third-order valence-electron chi connectivity index (χ3n) is 2.97. The highest BCUT2D eigenvalue weighted by Gasteiger charge is 2.61. The van der Waals surface area contributed by atoms with Crippen LogP contribution in [0.5, 0.6) is 0 Å². The van der Waals surface area contributed by atoms with Crippen molar-refractivity contribution in [1.82, 2.24) is 0 Å². The fraction of sp³-hybridized carbons (Fsp3) is 0.636. The van der Waals surface area contributed by atoms with Crippen LogP contribution >= 0.6 is 0 Å². The maximum Gasteiger partial charge on any atom is 0.312 e. The van der Waals surface area contributed by atoms with Crippen molar-refractivity contribution in [3.8, 4) is 0 Å². The molecule has 2 saturated heterocycles. The van der Waals surface area contributed by atoms with E-state index in [9.17, 15) is 9.59 Å². The first-order valence-corrected chi connectivity index (χ1v) is 5.39. The zero-order chi connectivity index (χ0) is 12.6. The lowest BCUT2D eigenvalue weighted by atomic mass is 9.91. The van der Waals surface area contributed by atoms with Gasteiger partial charge in [0.1, 0.15) is 0 Å². The fourth-order valence-corrected chi connectivity index (χ4v) is 1.68. The molecule has 0 amide bonds. The van der Waals surface area contributed by atoms with Gasteiger partial charge in [-0.3, -0.25) is 9.59 Å². The summed E-state index contributed by atoms with van der Waals surface area (Å²) in [7, 11) is 0. The van der Waals surface area contributed by atoms with Gasteiger partial charge >= 0.3 is 11.9 Å². The van der Waals surface area contributed by atoms with Crippen LogP contribution in [0.3, 0.4) is 0 Å². The molecule has 5 unspecified atom stereocenters. The smallest absolute Gasteiger partial charge is 0.312 e. The van der Waals surface area contributed by atoms with E-state index in [1.807, 2.05) is 0 Å². The molecule has 94 valence electrons. The summed E-state index contributed by atoms with van der Waals surface area (Å²) >= 11 is 0. The lowest BCUT2D eigenvalue weighted by Crippen LogP contribution is -2.40. The van der Waals surface area contributed by atoms with Crippen LogP contribution in [0.4, 0.5) is 0 Å². The van der Waals surface area contributed by atoms with Gasteiger partial charge in [0.2, 0.25) is 6.29 Å². The minimum Gasteiger partial charge on any atom is -0.481 e. The zero-order valence-electron chi connectivity index (χ0n) is 9.37. The Morgan fingerprint density at radius 3 is 2.65 bits per heavy atom. The monoisotopic (exact) mass is 242 g/mol. The number of carbonyl (C=O) groups is 2. The quantitative estimate of drug-likeness (QED) is 0.415. The largest absolute Gasteiger partial charge is 0.481 e. The molecule has 2 aliphatic rings. The zero-order valence-corrected chi connectivity index (χ0v) is 9.37. The van der Waals surface area contributed by atoms with Crippen LogP contribution in [-0.4, -0.2) is 35.7 Å². The van der Waals surface area contributed by atoms with Crippen LogP contribution in [0.15, 0.2) is 12.7 Å². The second kappa shape index (κ2) is 4.46. The van der Waals surface area contributed by atoms with Crippen LogP contribution in [0.1, 0.15) is 13.3 Å². The Labute approximate surface area is 98.1 Å². The number of aliphatic carboxylic acids is 1. The van der Waals surface area contributed by atoms with E-state index in [0.717, 1.165) is 0 Å². The number of hydrogen-bond acceptors (Lipinski definition) is 5. The average Bonchev–Trinajstić information content (AvgIpc) is 2.92.